The number of amides is 1. The highest BCUT2D eigenvalue weighted by Gasteiger charge is 2.30. The topological polar surface area (TPSA) is 60.8 Å². The molecule has 0 aliphatic carbocycles. The Hall–Kier alpha value is -1.55. The van der Waals surface area contributed by atoms with Gasteiger partial charge in [0.05, 0.1) is 5.56 Å². The molecular weight excluding hydrogens is 242 g/mol. The Labute approximate surface area is 113 Å². The Morgan fingerprint density at radius 3 is 3.00 bits per heavy atom. The lowest BCUT2D eigenvalue weighted by Gasteiger charge is -2.25. The Balaban J connectivity index is 2.16. The zero-order valence-electron chi connectivity index (χ0n) is 11.3. The van der Waals surface area contributed by atoms with Crippen LogP contribution in [0.3, 0.4) is 0 Å². The second-order valence-corrected chi connectivity index (χ2v) is 5.13. The third kappa shape index (κ3) is 2.89. The van der Waals surface area contributed by atoms with E-state index in [1.54, 1.807) is 25.1 Å². The number of carbonyl (C=O) groups excluding carboxylic acids is 1. The molecule has 104 valence electrons. The quantitative estimate of drug-likeness (QED) is 0.874. The predicted octanol–water partition coefficient (Wildman–Crippen LogP) is 2.08. The molecule has 1 heterocycles. The van der Waals surface area contributed by atoms with Crippen molar-refractivity contribution in [2.75, 3.05) is 13.2 Å². The van der Waals surface area contributed by atoms with Gasteiger partial charge in [-0.1, -0.05) is 12.1 Å². The number of hydrogen-bond donors (Lipinski definition) is 2. The number of benzene rings is 1. The lowest BCUT2D eigenvalue weighted by molar-refractivity contribution is 0.0721. The average Bonchev–Trinajstić information content (AvgIpc) is 2.87. The number of para-hydroxylation sites is 1. The van der Waals surface area contributed by atoms with Crippen LogP contribution in [-0.2, 0) is 0 Å². The molecule has 1 atom stereocenters. The van der Waals surface area contributed by atoms with Crippen LogP contribution in [0, 0.1) is 6.92 Å². The van der Waals surface area contributed by atoms with Crippen LogP contribution in [0.25, 0.3) is 0 Å². The molecule has 1 aliphatic rings. The molecule has 2 rings (SSSR count). The van der Waals surface area contributed by atoms with E-state index in [0.717, 1.165) is 31.4 Å². The minimum absolute atomic E-state index is 0.0836. The molecule has 1 saturated heterocycles. The minimum atomic E-state index is -0.0957. The fourth-order valence-electron chi connectivity index (χ4n) is 2.72. The van der Waals surface area contributed by atoms with E-state index in [1.165, 1.54) is 0 Å². The molecule has 1 aliphatic heterocycles. The van der Waals surface area contributed by atoms with Gasteiger partial charge in [-0.25, -0.2) is 0 Å². The monoisotopic (exact) mass is 263 g/mol. The van der Waals surface area contributed by atoms with Crippen LogP contribution in [0.1, 0.15) is 41.6 Å². The highest BCUT2D eigenvalue weighted by atomic mass is 16.3. The maximum atomic E-state index is 12.5. The number of aliphatic hydroxyl groups excluding tert-OH is 1. The van der Waals surface area contributed by atoms with Crippen molar-refractivity contribution in [1.82, 2.24) is 4.90 Å². The summed E-state index contributed by atoms with van der Waals surface area (Å²) in [5.74, 6) is -0.0121. The van der Waals surface area contributed by atoms with Gasteiger partial charge in [-0.05, 0) is 44.2 Å². The summed E-state index contributed by atoms with van der Waals surface area (Å²) in [4.78, 5) is 14.3. The molecule has 19 heavy (non-hydrogen) atoms. The Morgan fingerprint density at radius 1 is 1.47 bits per heavy atom. The van der Waals surface area contributed by atoms with E-state index < -0.39 is 0 Å². The molecule has 4 heteroatoms. The van der Waals surface area contributed by atoms with Crippen molar-refractivity contribution >= 4 is 5.91 Å². The van der Waals surface area contributed by atoms with Gasteiger partial charge in [0.2, 0.25) is 0 Å². The SMILES string of the molecule is Cc1cccc(C(=O)N2CCCC2CCCO)c1O. The Kier molecular flexibility index (Phi) is 4.43. The summed E-state index contributed by atoms with van der Waals surface area (Å²) in [5, 5.41) is 18.9. The normalized spacial score (nSPS) is 18.8. The first kappa shape index (κ1) is 13.9. The van der Waals surface area contributed by atoms with Gasteiger partial charge in [-0.3, -0.25) is 4.79 Å². The molecule has 4 nitrogen and oxygen atoms in total. The van der Waals surface area contributed by atoms with Crippen molar-refractivity contribution in [3.8, 4) is 5.75 Å². The van der Waals surface area contributed by atoms with Crippen LogP contribution in [-0.4, -0.2) is 40.2 Å². The molecule has 0 radical (unpaired) electrons. The molecule has 1 fully saturated rings. The summed E-state index contributed by atoms with van der Waals surface area (Å²) in [6, 6.07) is 5.45. The van der Waals surface area contributed by atoms with E-state index in [4.69, 9.17) is 5.11 Å². The lowest BCUT2D eigenvalue weighted by atomic mass is 10.1. The minimum Gasteiger partial charge on any atom is -0.507 e. The van der Waals surface area contributed by atoms with Crippen molar-refractivity contribution < 1.29 is 15.0 Å². The third-order valence-electron chi connectivity index (χ3n) is 3.80. The van der Waals surface area contributed by atoms with E-state index in [9.17, 15) is 9.90 Å². The first-order valence-corrected chi connectivity index (χ1v) is 6.85. The maximum Gasteiger partial charge on any atom is 0.257 e. The lowest BCUT2D eigenvalue weighted by Crippen LogP contribution is -2.35. The number of aliphatic hydroxyl groups is 1. The van der Waals surface area contributed by atoms with Gasteiger partial charge in [0.15, 0.2) is 0 Å². The van der Waals surface area contributed by atoms with Gasteiger partial charge >= 0.3 is 0 Å². The van der Waals surface area contributed by atoms with Crippen molar-refractivity contribution in [2.45, 2.75) is 38.6 Å². The van der Waals surface area contributed by atoms with Crippen LogP contribution >= 0.6 is 0 Å². The van der Waals surface area contributed by atoms with Crippen LogP contribution in [0.5, 0.6) is 5.75 Å². The van der Waals surface area contributed by atoms with Gasteiger partial charge in [0.25, 0.3) is 5.91 Å². The molecule has 0 saturated carbocycles. The Bertz CT molecular complexity index is 459. The summed E-state index contributed by atoms with van der Waals surface area (Å²) in [6.07, 6.45) is 3.52. The summed E-state index contributed by atoms with van der Waals surface area (Å²) in [7, 11) is 0. The summed E-state index contributed by atoms with van der Waals surface area (Å²) in [5.41, 5.74) is 1.10. The maximum absolute atomic E-state index is 12.5. The van der Waals surface area contributed by atoms with Crippen molar-refractivity contribution in [3.63, 3.8) is 0 Å². The van der Waals surface area contributed by atoms with Gasteiger partial charge in [0.1, 0.15) is 5.75 Å². The van der Waals surface area contributed by atoms with E-state index in [-0.39, 0.29) is 24.3 Å². The molecule has 0 spiro atoms. The number of nitrogens with zero attached hydrogens (tertiary/aromatic N) is 1. The van der Waals surface area contributed by atoms with Crippen LogP contribution in [0.2, 0.25) is 0 Å². The largest absolute Gasteiger partial charge is 0.507 e. The van der Waals surface area contributed by atoms with Crippen LogP contribution < -0.4 is 0 Å². The van der Waals surface area contributed by atoms with Crippen molar-refractivity contribution in [2.24, 2.45) is 0 Å². The van der Waals surface area contributed by atoms with E-state index >= 15 is 0 Å². The van der Waals surface area contributed by atoms with Crippen molar-refractivity contribution in [1.29, 1.82) is 0 Å². The zero-order chi connectivity index (χ0) is 13.8. The molecule has 1 amide bonds. The summed E-state index contributed by atoms with van der Waals surface area (Å²) < 4.78 is 0. The number of phenolic OH excluding ortho intramolecular Hbond substituents is 1. The number of hydrogen-bond acceptors (Lipinski definition) is 3. The highest BCUT2D eigenvalue weighted by Crippen LogP contribution is 2.28. The molecule has 0 bridgehead atoms. The standard InChI is InChI=1S/C15H21NO3/c1-11-5-2-8-13(14(11)18)15(19)16-9-3-6-12(16)7-4-10-17/h2,5,8,12,17-18H,3-4,6-7,9-10H2,1H3. The molecule has 0 aromatic heterocycles. The Morgan fingerprint density at radius 2 is 2.26 bits per heavy atom. The van der Waals surface area contributed by atoms with Crippen LogP contribution in [0.15, 0.2) is 18.2 Å². The van der Waals surface area contributed by atoms with Gasteiger partial charge in [-0.15, -0.1) is 0 Å². The first-order valence-electron chi connectivity index (χ1n) is 6.85. The smallest absolute Gasteiger partial charge is 0.257 e. The fourth-order valence-corrected chi connectivity index (χ4v) is 2.72. The van der Waals surface area contributed by atoms with E-state index in [2.05, 4.69) is 0 Å². The van der Waals surface area contributed by atoms with Gasteiger partial charge in [-0.2, -0.15) is 0 Å². The van der Waals surface area contributed by atoms with Crippen molar-refractivity contribution in [3.05, 3.63) is 29.3 Å². The number of aromatic hydroxyl groups is 1. The first-order chi connectivity index (χ1) is 9.15. The fraction of sp³-hybridized carbons (Fsp3) is 0.533. The average molecular weight is 263 g/mol. The highest BCUT2D eigenvalue weighted by molar-refractivity contribution is 5.97. The van der Waals surface area contributed by atoms with Gasteiger partial charge < -0.3 is 15.1 Å². The molecule has 2 N–H and O–H groups in total. The number of likely N-dealkylation sites (tertiary alicyclic amines) is 1. The number of carbonyl (C=O) groups is 1. The second-order valence-electron chi connectivity index (χ2n) is 5.13. The molecule has 1 aromatic rings. The third-order valence-corrected chi connectivity index (χ3v) is 3.80. The molecule has 1 aromatic carbocycles. The van der Waals surface area contributed by atoms with E-state index in [1.807, 2.05) is 4.90 Å². The number of rotatable bonds is 4. The van der Waals surface area contributed by atoms with Crippen LogP contribution in [0.4, 0.5) is 0 Å². The number of aryl methyl sites for hydroxylation is 1. The summed E-state index contributed by atoms with van der Waals surface area (Å²) in [6.45, 7) is 2.69. The van der Waals surface area contributed by atoms with E-state index in [0.29, 0.717) is 12.0 Å². The summed E-state index contributed by atoms with van der Waals surface area (Å²) >= 11 is 0. The van der Waals surface area contributed by atoms with Gasteiger partial charge in [0, 0.05) is 19.2 Å². The predicted molar refractivity (Wildman–Crippen MR) is 73.2 cm³/mol. The number of phenols is 1. The molecular formula is C15H21NO3. The molecule has 1 unspecified atom stereocenters. The second kappa shape index (κ2) is 6.06. The zero-order valence-corrected chi connectivity index (χ0v) is 11.3.